The van der Waals surface area contributed by atoms with Crippen LogP contribution >= 0.6 is 23.2 Å². The summed E-state index contributed by atoms with van der Waals surface area (Å²) in [7, 11) is 0. The topological polar surface area (TPSA) is 41.1 Å². The first-order valence-corrected chi connectivity index (χ1v) is 7.30. The van der Waals surface area contributed by atoms with Crippen molar-refractivity contribution < 1.29 is 4.79 Å². The molecule has 1 aliphatic rings. The molecule has 1 unspecified atom stereocenters. The van der Waals surface area contributed by atoms with Gasteiger partial charge in [-0.25, -0.2) is 0 Å². The molecule has 104 valence electrons. The SMILES string of the molecule is CCCC1(C(=O)Nc2cc(Cl)ccc2Cl)CCNC1. The highest BCUT2D eigenvalue weighted by Gasteiger charge is 2.40. The minimum absolute atomic E-state index is 0.0310. The van der Waals surface area contributed by atoms with Crippen LogP contribution in [0.3, 0.4) is 0 Å². The number of rotatable bonds is 4. The van der Waals surface area contributed by atoms with E-state index in [1.807, 2.05) is 0 Å². The van der Waals surface area contributed by atoms with Crippen molar-refractivity contribution in [1.82, 2.24) is 5.32 Å². The van der Waals surface area contributed by atoms with Gasteiger partial charge in [0, 0.05) is 11.6 Å². The second kappa shape index (κ2) is 6.12. The maximum Gasteiger partial charge on any atom is 0.231 e. The van der Waals surface area contributed by atoms with Crippen LogP contribution < -0.4 is 10.6 Å². The molecule has 0 saturated carbocycles. The zero-order chi connectivity index (χ0) is 13.9. The summed E-state index contributed by atoms with van der Waals surface area (Å²) >= 11 is 12.0. The first kappa shape index (κ1) is 14.6. The summed E-state index contributed by atoms with van der Waals surface area (Å²) in [4.78, 5) is 12.5. The third-order valence-corrected chi connectivity index (χ3v) is 4.20. The van der Waals surface area contributed by atoms with E-state index in [4.69, 9.17) is 23.2 Å². The lowest BCUT2D eigenvalue weighted by molar-refractivity contribution is -0.125. The third kappa shape index (κ3) is 3.22. The van der Waals surface area contributed by atoms with Crippen LogP contribution in [0.15, 0.2) is 18.2 Å². The van der Waals surface area contributed by atoms with Gasteiger partial charge in [0.15, 0.2) is 0 Å². The van der Waals surface area contributed by atoms with Crippen LogP contribution in [0.1, 0.15) is 26.2 Å². The van der Waals surface area contributed by atoms with E-state index in [0.717, 1.165) is 32.4 Å². The number of nitrogens with one attached hydrogen (secondary N) is 2. The number of halogens is 2. The molecular weight excluding hydrogens is 283 g/mol. The highest BCUT2D eigenvalue weighted by molar-refractivity contribution is 6.35. The Hall–Kier alpha value is -0.770. The average Bonchev–Trinajstić information content (AvgIpc) is 2.84. The van der Waals surface area contributed by atoms with Gasteiger partial charge in [-0.1, -0.05) is 36.5 Å². The van der Waals surface area contributed by atoms with Gasteiger partial charge >= 0.3 is 0 Å². The first-order valence-electron chi connectivity index (χ1n) is 6.54. The molecule has 2 rings (SSSR count). The van der Waals surface area contributed by atoms with Crippen LogP contribution in [0.4, 0.5) is 5.69 Å². The van der Waals surface area contributed by atoms with Crippen LogP contribution in [-0.2, 0) is 4.79 Å². The quantitative estimate of drug-likeness (QED) is 0.890. The lowest BCUT2D eigenvalue weighted by atomic mass is 9.81. The van der Waals surface area contributed by atoms with Crippen molar-refractivity contribution in [3.05, 3.63) is 28.2 Å². The van der Waals surface area contributed by atoms with Crippen LogP contribution in [0.25, 0.3) is 0 Å². The molecule has 2 N–H and O–H groups in total. The summed E-state index contributed by atoms with van der Waals surface area (Å²) in [6.07, 6.45) is 2.73. The van der Waals surface area contributed by atoms with Gasteiger partial charge in [-0.15, -0.1) is 0 Å². The third-order valence-electron chi connectivity index (χ3n) is 3.63. The summed E-state index contributed by atoms with van der Waals surface area (Å²) in [5.74, 6) is 0.0310. The van der Waals surface area contributed by atoms with E-state index >= 15 is 0 Å². The van der Waals surface area contributed by atoms with Crippen LogP contribution in [0.5, 0.6) is 0 Å². The van der Waals surface area contributed by atoms with Crippen LogP contribution in [0.2, 0.25) is 10.0 Å². The number of hydrogen-bond acceptors (Lipinski definition) is 2. The predicted molar refractivity (Wildman–Crippen MR) is 79.9 cm³/mol. The minimum Gasteiger partial charge on any atom is -0.324 e. The molecule has 1 aromatic rings. The molecule has 3 nitrogen and oxygen atoms in total. The molecule has 1 heterocycles. The molecule has 5 heteroatoms. The maximum absolute atomic E-state index is 12.5. The van der Waals surface area contributed by atoms with Gasteiger partial charge in [-0.3, -0.25) is 4.79 Å². The van der Waals surface area contributed by atoms with Crippen molar-refractivity contribution >= 4 is 34.8 Å². The zero-order valence-corrected chi connectivity index (χ0v) is 12.4. The van der Waals surface area contributed by atoms with Gasteiger partial charge < -0.3 is 10.6 Å². The number of anilines is 1. The number of benzene rings is 1. The summed E-state index contributed by atoms with van der Waals surface area (Å²) in [6.45, 7) is 3.71. The Morgan fingerprint density at radius 2 is 2.26 bits per heavy atom. The molecule has 1 amide bonds. The second-order valence-electron chi connectivity index (χ2n) is 5.04. The Kier molecular flexibility index (Phi) is 4.71. The molecule has 1 saturated heterocycles. The van der Waals surface area contributed by atoms with E-state index < -0.39 is 0 Å². The van der Waals surface area contributed by atoms with E-state index in [0.29, 0.717) is 15.7 Å². The van der Waals surface area contributed by atoms with E-state index in [-0.39, 0.29) is 11.3 Å². The van der Waals surface area contributed by atoms with Crippen molar-refractivity contribution in [3.63, 3.8) is 0 Å². The van der Waals surface area contributed by atoms with Gasteiger partial charge in [0.1, 0.15) is 0 Å². The summed E-state index contributed by atoms with van der Waals surface area (Å²) in [5.41, 5.74) is 0.266. The molecule has 1 aromatic carbocycles. The molecule has 1 aliphatic heterocycles. The molecule has 0 spiro atoms. The Morgan fingerprint density at radius 3 is 2.89 bits per heavy atom. The monoisotopic (exact) mass is 300 g/mol. The molecule has 19 heavy (non-hydrogen) atoms. The maximum atomic E-state index is 12.5. The Balaban J connectivity index is 2.17. The molecule has 1 fully saturated rings. The van der Waals surface area contributed by atoms with E-state index in [9.17, 15) is 4.79 Å². The predicted octanol–water partition coefficient (Wildman–Crippen LogP) is 3.71. The van der Waals surface area contributed by atoms with Crippen molar-refractivity contribution in [2.24, 2.45) is 5.41 Å². The van der Waals surface area contributed by atoms with Crippen molar-refractivity contribution in [1.29, 1.82) is 0 Å². The van der Waals surface area contributed by atoms with Crippen molar-refractivity contribution in [2.45, 2.75) is 26.2 Å². The number of amides is 1. The number of carbonyl (C=O) groups is 1. The van der Waals surface area contributed by atoms with E-state index in [1.165, 1.54) is 0 Å². The zero-order valence-electron chi connectivity index (χ0n) is 10.9. The Morgan fingerprint density at radius 1 is 1.47 bits per heavy atom. The second-order valence-corrected chi connectivity index (χ2v) is 5.88. The fraction of sp³-hybridized carbons (Fsp3) is 0.500. The van der Waals surface area contributed by atoms with Gasteiger partial charge in [-0.2, -0.15) is 0 Å². The lowest BCUT2D eigenvalue weighted by Gasteiger charge is -2.26. The van der Waals surface area contributed by atoms with E-state index in [2.05, 4.69) is 17.6 Å². The largest absolute Gasteiger partial charge is 0.324 e. The van der Waals surface area contributed by atoms with Crippen LogP contribution in [0, 0.1) is 5.41 Å². The highest BCUT2D eigenvalue weighted by Crippen LogP contribution is 2.34. The normalized spacial score (nSPS) is 22.5. The highest BCUT2D eigenvalue weighted by atomic mass is 35.5. The van der Waals surface area contributed by atoms with Crippen LogP contribution in [-0.4, -0.2) is 19.0 Å². The van der Waals surface area contributed by atoms with E-state index in [1.54, 1.807) is 18.2 Å². The number of carbonyl (C=O) groups excluding carboxylic acids is 1. The van der Waals surface area contributed by atoms with Gasteiger partial charge in [0.05, 0.1) is 16.1 Å². The fourth-order valence-electron chi connectivity index (χ4n) is 2.59. The van der Waals surface area contributed by atoms with Gasteiger partial charge in [-0.05, 0) is 37.6 Å². The van der Waals surface area contributed by atoms with Crippen molar-refractivity contribution in [2.75, 3.05) is 18.4 Å². The minimum atomic E-state index is -0.319. The van der Waals surface area contributed by atoms with Crippen molar-refractivity contribution in [3.8, 4) is 0 Å². The van der Waals surface area contributed by atoms with Gasteiger partial charge in [0.2, 0.25) is 5.91 Å². The summed E-state index contributed by atoms with van der Waals surface area (Å²) in [6, 6.07) is 5.08. The summed E-state index contributed by atoms with van der Waals surface area (Å²) in [5, 5.41) is 7.27. The molecular formula is C14H18Cl2N2O. The first-order chi connectivity index (χ1) is 9.07. The Labute approximate surface area is 123 Å². The Bertz CT molecular complexity index is 471. The molecule has 1 atom stereocenters. The van der Waals surface area contributed by atoms with Gasteiger partial charge in [0.25, 0.3) is 0 Å². The smallest absolute Gasteiger partial charge is 0.231 e. The fourth-order valence-corrected chi connectivity index (χ4v) is 2.93. The standard InChI is InChI=1S/C14H18Cl2N2O/c1-2-5-14(6-7-17-9-14)13(19)18-12-8-10(15)3-4-11(12)16/h3-4,8,17H,2,5-7,9H2,1H3,(H,18,19). The lowest BCUT2D eigenvalue weighted by Crippen LogP contribution is -2.38. The average molecular weight is 301 g/mol. The molecule has 0 aliphatic carbocycles. The number of hydrogen-bond donors (Lipinski definition) is 2. The summed E-state index contributed by atoms with van der Waals surface area (Å²) < 4.78 is 0. The molecule has 0 bridgehead atoms. The molecule has 0 radical (unpaired) electrons. The molecule has 0 aromatic heterocycles.